The fraction of sp³-hybridized carbons (Fsp3) is 0.786. The van der Waals surface area contributed by atoms with E-state index in [1.807, 2.05) is 13.0 Å². The quantitative estimate of drug-likeness (QED) is 0.524. The maximum absolute atomic E-state index is 11.3. The highest BCUT2D eigenvalue weighted by Gasteiger charge is 2.12. The number of ether oxygens (including phenoxy) is 1. The van der Waals surface area contributed by atoms with E-state index in [2.05, 4.69) is 26.1 Å². The predicted octanol–water partition coefficient (Wildman–Crippen LogP) is 2.91. The second-order valence-corrected chi connectivity index (χ2v) is 4.35. The molecule has 0 aliphatic carbocycles. The van der Waals surface area contributed by atoms with Gasteiger partial charge in [-0.15, -0.1) is 0 Å². The minimum Gasteiger partial charge on any atom is -0.466 e. The van der Waals surface area contributed by atoms with Gasteiger partial charge < -0.3 is 10.1 Å². The van der Waals surface area contributed by atoms with Gasteiger partial charge in [0.15, 0.2) is 0 Å². The SMILES string of the molecule is CC/C(=C/CNC(C)C(CC)CC)C(=O)OC. The van der Waals surface area contributed by atoms with Crippen LogP contribution in [0.4, 0.5) is 0 Å². The summed E-state index contributed by atoms with van der Waals surface area (Å²) in [7, 11) is 1.42. The Balaban J connectivity index is 4.18. The molecule has 1 N–H and O–H groups in total. The van der Waals surface area contributed by atoms with Gasteiger partial charge in [-0.2, -0.15) is 0 Å². The summed E-state index contributed by atoms with van der Waals surface area (Å²) in [6, 6.07) is 0.483. The largest absolute Gasteiger partial charge is 0.466 e. The molecule has 0 aliphatic rings. The van der Waals surface area contributed by atoms with Crippen LogP contribution in [0.3, 0.4) is 0 Å². The molecule has 0 saturated carbocycles. The molecular formula is C14H27NO2. The molecule has 0 saturated heterocycles. The smallest absolute Gasteiger partial charge is 0.333 e. The lowest BCUT2D eigenvalue weighted by Crippen LogP contribution is -2.33. The molecule has 0 bridgehead atoms. The van der Waals surface area contributed by atoms with Crippen molar-refractivity contribution in [2.75, 3.05) is 13.7 Å². The summed E-state index contributed by atoms with van der Waals surface area (Å²) in [5, 5.41) is 3.44. The maximum Gasteiger partial charge on any atom is 0.333 e. The molecule has 3 heteroatoms. The molecule has 0 aliphatic heterocycles. The number of hydrogen-bond acceptors (Lipinski definition) is 3. The van der Waals surface area contributed by atoms with Crippen LogP contribution in [0, 0.1) is 5.92 Å². The van der Waals surface area contributed by atoms with E-state index in [0.717, 1.165) is 12.1 Å². The second-order valence-electron chi connectivity index (χ2n) is 4.35. The summed E-state index contributed by atoms with van der Waals surface area (Å²) in [4.78, 5) is 11.3. The normalized spacial score (nSPS) is 13.9. The van der Waals surface area contributed by atoms with Crippen molar-refractivity contribution in [2.24, 2.45) is 5.92 Å². The first kappa shape index (κ1) is 16.2. The number of hydrogen-bond donors (Lipinski definition) is 1. The average molecular weight is 241 g/mol. The van der Waals surface area contributed by atoms with Gasteiger partial charge in [-0.05, 0) is 19.3 Å². The van der Waals surface area contributed by atoms with Gasteiger partial charge in [-0.25, -0.2) is 4.79 Å². The third-order valence-electron chi connectivity index (χ3n) is 3.37. The first-order chi connectivity index (χ1) is 8.10. The van der Waals surface area contributed by atoms with Gasteiger partial charge in [0.25, 0.3) is 0 Å². The lowest BCUT2D eigenvalue weighted by Gasteiger charge is -2.21. The van der Waals surface area contributed by atoms with E-state index in [1.54, 1.807) is 0 Å². The van der Waals surface area contributed by atoms with Gasteiger partial charge in [0, 0.05) is 18.2 Å². The fourth-order valence-corrected chi connectivity index (χ4v) is 2.03. The first-order valence-corrected chi connectivity index (χ1v) is 6.61. The number of rotatable bonds is 8. The summed E-state index contributed by atoms with van der Waals surface area (Å²) >= 11 is 0. The van der Waals surface area contributed by atoms with E-state index >= 15 is 0 Å². The zero-order valence-corrected chi connectivity index (χ0v) is 11.9. The van der Waals surface area contributed by atoms with Crippen molar-refractivity contribution in [3.05, 3.63) is 11.6 Å². The number of esters is 1. The summed E-state index contributed by atoms with van der Waals surface area (Å²) in [6.45, 7) is 9.33. The summed E-state index contributed by atoms with van der Waals surface area (Å²) in [5.74, 6) is 0.482. The third kappa shape index (κ3) is 5.87. The Morgan fingerprint density at radius 1 is 1.29 bits per heavy atom. The highest BCUT2D eigenvalue weighted by molar-refractivity contribution is 5.88. The Labute approximate surface area is 106 Å². The van der Waals surface area contributed by atoms with Crippen LogP contribution in [0.2, 0.25) is 0 Å². The molecule has 0 aromatic carbocycles. The van der Waals surface area contributed by atoms with Crippen LogP contribution in [-0.4, -0.2) is 25.7 Å². The minimum atomic E-state index is -0.218. The first-order valence-electron chi connectivity index (χ1n) is 6.61. The average Bonchev–Trinajstić information content (AvgIpc) is 2.35. The number of nitrogens with one attached hydrogen (secondary N) is 1. The van der Waals surface area contributed by atoms with E-state index in [-0.39, 0.29) is 5.97 Å². The molecule has 100 valence electrons. The Hall–Kier alpha value is -0.830. The van der Waals surface area contributed by atoms with E-state index in [1.165, 1.54) is 20.0 Å². The molecule has 3 nitrogen and oxygen atoms in total. The van der Waals surface area contributed by atoms with Crippen molar-refractivity contribution in [3.8, 4) is 0 Å². The molecular weight excluding hydrogens is 214 g/mol. The molecule has 1 atom stereocenters. The van der Waals surface area contributed by atoms with Crippen molar-refractivity contribution in [1.82, 2.24) is 5.32 Å². The summed E-state index contributed by atoms with van der Waals surface area (Å²) in [5.41, 5.74) is 0.747. The highest BCUT2D eigenvalue weighted by atomic mass is 16.5. The summed E-state index contributed by atoms with van der Waals surface area (Å²) in [6.07, 6.45) is 5.02. The predicted molar refractivity (Wildman–Crippen MR) is 71.9 cm³/mol. The lowest BCUT2D eigenvalue weighted by atomic mass is 9.95. The van der Waals surface area contributed by atoms with Crippen LogP contribution in [0.25, 0.3) is 0 Å². The van der Waals surface area contributed by atoms with Gasteiger partial charge in [0.05, 0.1) is 7.11 Å². The standard InChI is InChI=1S/C14H27NO2/c1-6-12(7-2)11(4)15-10-9-13(8-3)14(16)17-5/h9,11-12,15H,6-8,10H2,1-5H3/b13-9-. The Morgan fingerprint density at radius 2 is 1.88 bits per heavy atom. The van der Waals surface area contributed by atoms with Crippen LogP contribution < -0.4 is 5.32 Å². The van der Waals surface area contributed by atoms with Crippen LogP contribution in [0.15, 0.2) is 11.6 Å². The van der Waals surface area contributed by atoms with Crippen LogP contribution in [0.1, 0.15) is 47.0 Å². The molecule has 0 heterocycles. The van der Waals surface area contributed by atoms with Crippen molar-refractivity contribution < 1.29 is 9.53 Å². The molecule has 0 aromatic rings. The van der Waals surface area contributed by atoms with Gasteiger partial charge in [-0.3, -0.25) is 0 Å². The van der Waals surface area contributed by atoms with Crippen molar-refractivity contribution in [2.45, 2.75) is 53.0 Å². The van der Waals surface area contributed by atoms with Crippen LogP contribution in [0.5, 0.6) is 0 Å². The van der Waals surface area contributed by atoms with Crippen molar-refractivity contribution in [1.29, 1.82) is 0 Å². The zero-order chi connectivity index (χ0) is 13.3. The number of carbonyl (C=O) groups is 1. The van der Waals surface area contributed by atoms with Crippen molar-refractivity contribution in [3.63, 3.8) is 0 Å². The van der Waals surface area contributed by atoms with Gasteiger partial charge in [0.1, 0.15) is 0 Å². The number of methoxy groups -OCH3 is 1. The molecule has 0 spiro atoms. The minimum absolute atomic E-state index is 0.218. The monoisotopic (exact) mass is 241 g/mol. The zero-order valence-electron chi connectivity index (χ0n) is 11.9. The number of carbonyl (C=O) groups excluding carboxylic acids is 1. The fourth-order valence-electron chi connectivity index (χ4n) is 2.03. The van der Waals surface area contributed by atoms with Gasteiger partial charge >= 0.3 is 5.97 Å². The molecule has 0 fully saturated rings. The van der Waals surface area contributed by atoms with Gasteiger partial charge in [0.2, 0.25) is 0 Å². The Bertz CT molecular complexity index is 245. The van der Waals surface area contributed by atoms with E-state index in [9.17, 15) is 4.79 Å². The Kier molecular flexibility index (Phi) is 8.78. The summed E-state index contributed by atoms with van der Waals surface area (Å²) < 4.78 is 4.72. The third-order valence-corrected chi connectivity index (χ3v) is 3.37. The van der Waals surface area contributed by atoms with Crippen LogP contribution in [-0.2, 0) is 9.53 Å². The molecule has 1 unspecified atom stereocenters. The highest BCUT2D eigenvalue weighted by Crippen LogP contribution is 2.12. The molecule has 0 amide bonds. The maximum atomic E-state index is 11.3. The topological polar surface area (TPSA) is 38.3 Å². The molecule has 0 rings (SSSR count). The van der Waals surface area contributed by atoms with Crippen LogP contribution >= 0.6 is 0 Å². The van der Waals surface area contributed by atoms with E-state index < -0.39 is 0 Å². The molecule has 0 aromatic heterocycles. The second kappa shape index (κ2) is 9.23. The van der Waals surface area contributed by atoms with Crippen molar-refractivity contribution >= 4 is 5.97 Å². The molecule has 17 heavy (non-hydrogen) atoms. The molecule has 0 radical (unpaired) electrons. The van der Waals surface area contributed by atoms with E-state index in [0.29, 0.717) is 18.4 Å². The Morgan fingerprint density at radius 3 is 2.29 bits per heavy atom. The van der Waals surface area contributed by atoms with Gasteiger partial charge in [-0.1, -0.05) is 39.7 Å². The lowest BCUT2D eigenvalue weighted by molar-refractivity contribution is -0.136. The van der Waals surface area contributed by atoms with E-state index in [4.69, 9.17) is 4.74 Å².